The van der Waals surface area contributed by atoms with Crippen LogP contribution in [0.25, 0.3) is 0 Å². The number of benzene rings is 1. The van der Waals surface area contributed by atoms with Crippen LogP contribution < -0.4 is 11.2 Å². The Morgan fingerprint density at radius 1 is 1.47 bits per heavy atom. The Morgan fingerprint density at radius 2 is 2.26 bits per heavy atom. The average Bonchev–Trinajstić information content (AvgIpc) is 2.77. The summed E-state index contributed by atoms with van der Waals surface area (Å²) in [5.74, 6) is -0.292. The van der Waals surface area contributed by atoms with Crippen LogP contribution in [0, 0.1) is 0 Å². The van der Waals surface area contributed by atoms with Crippen LogP contribution in [0.2, 0.25) is 5.02 Å². The number of halogens is 1. The molecule has 1 aromatic carbocycles. The van der Waals surface area contributed by atoms with Crippen LogP contribution in [0.1, 0.15) is 10.6 Å². The van der Waals surface area contributed by atoms with Gasteiger partial charge >= 0.3 is 0 Å². The molecule has 98 valence electrons. The van der Waals surface area contributed by atoms with Crippen molar-refractivity contribution < 1.29 is 4.79 Å². The van der Waals surface area contributed by atoms with E-state index < -0.39 is 0 Å². The Morgan fingerprint density at radius 3 is 2.95 bits per heavy atom. The van der Waals surface area contributed by atoms with Crippen molar-refractivity contribution in [2.45, 2.75) is 6.42 Å². The minimum atomic E-state index is -0.292. The molecular formula is C11H10ClN5OS. The molecule has 0 saturated carbocycles. The second kappa shape index (κ2) is 6.26. The van der Waals surface area contributed by atoms with E-state index in [9.17, 15) is 4.79 Å². The van der Waals surface area contributed by atoms with Gasteiger partial charge in [-0.15, -0.1) is 10.2 Å². The predicted octanol–water partition coefficient (Wildman–Crippen LogP) is 1.47. The molecule has 2 rings (SSSR count). The predicted molar refractivity (Wildman–Crippen MR) is 75.2 cm³/mol. The highest BCUT2D eigenvalue weighted by atomic mass is 35.5. The largest absolute Gasteiger partial charge is 0.374 e. The summed E-state index contributed by atoms with van der Waals surface area (Å²) < 4.78 is 0. The third-order valence-electron chi connectivity index (χ3n) is 2.09. The number of aromatic nitrogens is 2. The molecule has 1 heterocycles. The van der Waals surface area contributed by atoms with Crippen LogP contribution in [0.4, 0.5) is 5.13 Å². The fourth-order valence-corrected chi connectivity index (χ4v) is 2.06. The smallest absolute Gasteiger partial charge is 0.247 e. The molecule has 0 saturated heterocycles. The number of carbonyl (C=O) groups is 1. The molecule has 0 radical (unpaired) electrons. The third-order valence-corrected chi connectivity index (χ3v) is 3.19. The van der Waals surface area contributed by atoms with E-state index in [1.807, 2.05) is 12.1 Å². The summed E-state index contributed by atoms with van der Waals surface area (Å²) in [5.41, 5.74) is 8.53. The lowest BCUT2D eigenvalue weighted by atomic mass is 10.2. The van der Waals surface area contributed by atoms with Gasteiger partial charge in [-0.3, -0.25) is 4.79 Å². The van der Waals surface area contributed by atoms with Crippen LogP contribution in [-0.2, 0) is 11.2 Å². The first kappa shape index (κ1) is 13.4. The van der Waals surface area contributed by atoms with Crippen molar-refractivity contribution in [2.75, 3.05) is 5.73 Å². The van der Waals surface area contributed by atoms with Crippen LogP contribution in [0.5, 0.6) is 0 Å². The Balaban J connectivity index is 1.88. The Labute approximate surface area is 118 Å². The maximum atomic E-state index is 11.5. The van der Waals surface area contributed by atoms with Gasteiger partial charge in [0.15, 0.2) is 0 Å². The number of nitrogens with zero attached hydrogens (tertiary/aromatic N) is 3. The molecule has 0 bridgehead atoms. The van der Waals surface area contributed by atoms with E-state index in [4.69, 9.17) is 17.3 Å². The lowest BCUT2D eigenvalue weighted by Gasteiger charge is -1.97. The lowest BCUT2D eigenvalue weighted by molar-refractivity contribution is -0.120. The van der Waals surface area contributed by atoms with Crippen molar-refractivity contribution in [1.29, 1.82) is 0 Å². The summed E-state index contributed by atoms with van der Waals surface area (Å²) in [7, 11) is 0. The fraction of sp³-hybridized carbons (Fsp3) is 0.0909. The first-order valence-corrected chi connectivity index (χ1v) is 6.49. The molecule has 2 aromatic rings. The number of hydrogen-bond acceptors (Lipinski definition) is 6. The van der Waals surface area contributed by atoms with Gasteiger partial charge in [-0.25, -0.2) is 5.43 Å². The molecule has 0 aliphatic carbocycles. The van der Waals surface area contributed by atoms with E-state index in [0.29, 0.717) is 15.2 Å². The highest BCUT2D eigenvalue weighted by Crippen LogP contribution is 2.12. The molecule has 8 heteroatoms. The molecule has 0 atom stereocenters. The third kappa shape index (κ3) is 4.01. The zero-order chi connectivity index (χ0) is 13.7. The summed E-state index contributed by atoms with van der Waals surface area (Å²) in [6, 6.07) is 7.19. The number of hydrazone groups is 1. The second-order valence-corrected chi connectivity index (χ2v) is 5.03. The van der Waals surface area contributed by atoms with Crippen molar-refractivity contribution in [3.8, 4) is 0 Å². The monoisotopic (exact) mass is 295 g/mol. The standard InChI is InChI=1S/C11H10ClN5OS/c12-8-4-2-1-3-7(8)6-14-15-9(18)5-10-16-17-11(13)19-10/h1-4,6H,5H2,(H2,13,17)(H,15,18)/b14-6+. The van der Waals surface area contributed by atoms with Crippen LogP contribution in [-0.4, -0.2) is 22.3 Å². The van der Waals surface area contributed by atoms with Gasteiger partial charge in [0.2, 0.25) is 11.0 Å². The van der Waals surface area contributed by atoms with E-state index in [-0.39, 0.29) is 12.3 Å². The molecule has 0 spiro atoms. The number of rotatable bonds is 4. The van der Waals surface area contributed by atoms with E-state index in [1.165, 1.54) is 17.6 Å². The SMILES string of the molecule is Nc1nnc(CC(=O)N/N=C/c2ccccc2Cl)s1. The summed E-state index contributed by atoms with van der Waals surface area (Å²) in [5, 5.41) is 12.6. The molecule has 1 aromatic heterocycles. The first-order valence-electron chi connectivity index (χ1n) is 5.29. The lowest BCUT2D eigenvalue weighted by Crippen LogP contribution is -2.19. The van der Waals surface area contributed by atoms with E-state index >= 15 is 0 Å². The Bertz CT molecular complexity index is 613. The first-order chi connectivity index (χ1) is 9.15. The molecule has 6 nitrogen and oxygen atoms in total. The molecule has 0 aliphatic rings. The van der Waals surface area contributed by atoms with Gasteiger partial charge in [-0.1, -0.05) is 41.1 Å². The Kier molecular flexibility index (Phi) is 4.43. The van der Waals surface area contributed by atoms with Crippen molar-refractivity contribution in [2.24, 2.45) is 5.10 Å². The Hall–Kier alpha value is -1.99. The molecule has 0 aliphatic heterocycles. The number of anilines is 1. The quantitative estimate of drug-likeness (QED) is 0.660. The van der Waals surface area contributed by atoms with Gasteiger partial charge in [-0.05, 0) is 6.07 Å². The molecule has 19 heavy (non-hydrogen) atoms. The number of carbonyl (C=O) groups excluding carboxylic acids is 1. The minimum absolute atomic E-state index is 0.0920. The molecule has 0 unspecified atom stereocenters. The maximum Gasteiger partial charge on any atom is 0.247 e. The highest BCUT2D eigenvalue weighted by Gasteiger charge is 2.07. The summed E-state index contributed by atoms with van der Waals surface area (Å²) >= 11 is 7.11. The van der Waals surface area contributed by atoms with E-state index in [1.54, 1.807) is 12.1 Å². The average molecular weight is 296 g/mol. The fourth-order valence-electron chi connectivity index (χ4n) is 1.27. The summed E-state index contributed by atoms with van der Waals surface area (Å²) in [6.07, 6.45) is 1.57. The number of nitrogens with two attached hydrogens (primary N) is 1. The number of nitrogens with one attached hydrogen (secondary N) is 1. The summed E-state index contributed by atoms with van der Waals surface area (Å²) in [6.45, 7) is 0. The van der Waals surface area contributed by atoms with Crippen LogP contribution in [0.3, 0.4) is 0 Å². The molecular weight excluding hydrogens is 286 g/mol. The molecule has 0 fully saturated rings. The van der Waals surface area contributed by atoms with Crippen molar-refractivity contribution in [3.63, 3.8) is 0 Å². The van der Waals surface area contributed by atoms with Crippen molar-refractivity contribution >= 4 is 40.2 Å². The second-order valence-electron chi connectivity index (χ2n) is 3.53. The topological polar surface area (TPSA) is 93.3 Å². The zero-order valence-electron chi connectivity index (χ0n) is 9.71. The number of nitrogen functional groups attached to an aromatic ring is 1. The van der Waals surface area contributed by atoms with Gasteiger partial charge in [0.25, 0.3) is 0 Å². The van der Waals surface area contributed by atoms with Crippen LogP contribution in [0.15, 0.2) is 29.4 Å². The maximum absolute atomic E-state index is 11.5. The zero-order valence-corrected chi connectivity index (χ0v) is 11.3. The number of amides is 1. The minimum Gasteiger partial charge on any atom is -0.374 e. The summed E-state index contributed by atoms with van der Waals surface area (Å²) in [4.78, 5) is 11.5. The van der Waals surface area contributed by atoms with E-state index in [2.05, 4.69) is 20.7 Å². The van der Waals surface area contributed by atoms with Crippen molar-refractivity contribution in [3.05, 3.63) is 39.9 Å². The van der Waals surface area contributed by atoms with Gasteiger partial charge in [-0.2, -0.15) is 5.10 Å². The normalized spacial score (nSPS) is 10.8. The molecule has 3 N–H and O–H groups in total. The number of hydrogen-bond donors (Lipinski definition) is 2. The highest BCUT2D eigenvalue weighted by molar-refractivity contribution is 7.15. The van der Waals surface area contributed by atoms with Gasteiger partial charge in [0, 0.05) is 10.6 Å². The molecule has 1 amide bonds. The van der Waals surface area contributed by atoms with Gasteiger partial charge in [0.05, 0.1) is 12.6 Å². The van der Waals surface area contributed by atoms with Crippen molar-refractivity contribution in [1.82, 2.24) is 15.6 Å². The van der Waals surface area contributed by atoms with E-state index in [0.717, 1.165) is 5.56 Å². The van der Waals surface area contributed by atoms with Gasteiger partial charge < -0.3 is 5.73 Å². The van der Waals surface area contributed by atoms with Gasteiger partial charge in [0.1, 0.15) is 5.01 Å². The van der Waals surface area contributed by atoms with Crippen LogP contribution >= 0.6 is 22.9 Å².